The fourth-order valence-corrected chi connectivity index (χ4v) is 3.09. The number of nitrogens with zero attached hydrogens (tertiary/aromatic N) is 2. The number of halogens is 1. The van der Waals surface area contributed by atoms with E-state index in [0.29, 0.717) is 0 Å². The van der Waals surface area contributed by atoms with Gasteiger partial charge in [-0.05, 0) is 48.0 Å². The highest BCUT2D eigenvalue weighted by Gasteiger charge is 2.48. The summed E-state index contributed by atoms with van der Waals surface area (Å²) in [6, 6.07) is 0. The summed E-state index contributed by atoms with van der Waals surface area (Å²) in [6.07, 6.45) is 5.80. The summed E-state index contributed by atoms with van der Waals surface area (Å²) in [5, 5.41) is 9.45. The van der Waals surface area contributed by atoms with Crippen molar-refractivity contribution < 1.29 is 5.11 Å². The molecule has 4 heteroatoms. The maximum Gasteiger partial charge on any atom is 0.127 e. The molecule has 0 spiro atoms. The zero-order valence-corrected chi connectivity index (χ0v) is 10.3. The van der Waals surface area contributed by atoms with Gasteiger partial charge in [-0.25, -0.2) is 4.98 Å². The van der Waals surface area contributed by atoms with E-state index in [1.165, 1.54) is 18.5 Å². The van der Waals surface area contributed by atoms with Crippen molar-refractivity contribution in [1.29, 1.82) is 0 Å². The molecule has 1 N–H and O–H groups in total. The third kappa shape index (κ3) is 1.38. The van der Waals surface area contributed by atoms with Gasteiger partial charge in [0.2, 0.25) is 0 Å². The van der Waals surface area contributed by atoms with E-state index >= 15 is 0 Å². The van der Waals surface area contributed by atoms with Crippen LogP contribution in [-0.4, -0.2) is 21.3 Å². The molecule has 3 nitrogen and oxygen atoms in total. The Hall–Kier alpha value is -0.350. The Morgan fingerprint density at radius 2 is 2.20 bits per heavy atom. The van der Waals surface area contributed by atoms with Crippen molar-refractivity contribution in [2.75, 3.05) is 6.61 Å². The molecule has 82 valence electrons. The summed E-state index contributed by atoms with van der Waals surface area (Å²) >= 11 is 3.54. The average molecular weight is 271 g/mol. The van der Waals surface area contributed by atoms with Crippen molar-refractivity contribution in [3.8, 4) is 0 Å². The van der Waals surface area contributed by atoms with Crippen molar-refractivity contribution in [2.45, 2.75) is 44.1 Å². The Labute approximate surface area is 97.6 Å². The van der Waals surface area contributed by atoms with Crippen LogP contribution in [0.5, 0.6) is 0 Å². The fourth-order valence-electron chi connectivity index (χ4n) is 2.51. The van der Waals surface area contributed by atoms with E-state index in [1.54, 1.807) is 0 Å². The molecule has 0 saturated heterocycles. The standard InChI is InChI=1S/C11H15BrN2O/c12-9-8-3-1-2-6-14(8)10(13-9)11(7-15)4-5-11/h15H,1-7H2. The molecule has 1 aromatic rings. The first-order valence-electron chi connectivity index (χ1n) is 5.63. The maximum absolute atomic E-state index is 9.45. The smallest absolute Gasteiger partial charge is 0.127 e. The van der Waals surface area contributed by atoms with Gasteiger partial charge in [-0.1, -0.05) is 0 Å². The van der Waals surface area contributed by atoms with Crippen LogP contribution in [-0.2, 0) is 18.4 Å². The molecule has 1 aliphatic carbocycles. The number of imidazole rings is 1. The topological polar surface area (TPSA) is 38.1 Å². The largest absolute Gasteiger partial charge is 0.395 e. The summed E-state index contributed by atoms with van der Waals surface area (Å²) in [7, 11) is 0. The normalized spacial score (nSPS) is 22.5. The number of aromatic nitrogens is 2. The minimum Gasteiger partial charge on any atom is -0.395 e. The molecule has 0 amide bonds. The molecule has 15 heavy (non-hydrogen) atoms. The van der Waals surface area contributed by atoms with Crippen LogP contribution in [0.15, 0.2) is 4.60 Å². The lowest BCUT2D eigenvalue weighted by molar-refractivity contribution is 0.245. The van der Waals surface area contributed by atoms with E-state index in [9.17, 15) is 5.11 Å². The predicted octanol–water partition coefficient (Wildman–Crippen LogP) is 2.01. The van der Waals surface area contributed by atoms with Gasteiger partial charge in [0.25, 0.3) is 0 Å². The highest BCUT2D eigenvalue weighted by molar-refractivity contribution is 9.10. The molecule has 0 radical (unpaired) electrons. The molecule has 0 aromatic carbocycles. The SMILES string of the molecule is OCC1(c2nc(Br)c3n2CCCC3)CC1. The first-order chi connectivity index (χ1) is 7.27. The minimum absolute atomic E-state index is 0.00187. The average Bonchev–Trinajstić information content (AvgIpc) is 3.00. The molecule has 0 unspecified atom stereocenters. The van der Waals surface area contributed by atoms with Crippen molar-refractivity contribution in [3.05, 3.63) is 16.1 Å². The second kappa shape index (κ2) is 3.32. The Bertz CT molecular complexity index is 396. The molecule has 2 heterocycles. The van der Waals surface area contributed by atoms with Gasteiger partial charge in [-0.15, -0.1) is 0 Å². The molecular weight excluding hydrogens is 256 g/mol. The molecule has 3 rings (SSSR count). The molecule has 2 aliphatic rings. The molecule has 0 atom stereocenters. The molecule has 1 fully saturated rings. The van der Waals surface area contributed by atoms with Crippen LogP contribution in [0.25, 0.3) is 0 Å². The van der Waals surface area contributed by atoms with E-state index < -0.39 is 0 Å². The van der Waals surface area contributed by atoms with E-state index in [4.69, 9.17) is 0 Å². The van der Waals surface area contributed by atoms with Crippen LogP contribution in [0.1, 0.15) is 37.2 Å². The Morgan fingerprint density at radius 1 is 1.40 bits per heavy atom. The van der Waals surface area contributed by atoms with Gasteiger partial charge in [-0.2, -0.15) is 0 Å². The van der Waals surface area contributed by atoms with E-state index in [1.807, 2.05) is 0 Å². The summed E-state index contributed by atoms with van der Waals surface area (Å²) < 4.78 is 3.33. The molecule has 1 aromatic heterocycles. The van der Waals surface area contributed by atoms with Gasteiger partial charge in [0.05, 0.1) is 17.7 Å². The fraction of sp³-hybridized carbons (Fsp3) is 0.727. The lowest BCUT2D eigenvalue weighted by Crippen LogP contribution is -2.21. The number of hydrogen-bond donors (Lipinski definition) is 1. The Kier molecular flexibility index (Phi) is 2.18. The lowest BCUT2D eigenvalue weighted by atomic mass is 10.1. The van der Waals surface area contributed by atoms with Crippen LogP contribution in [0.2, 0.25) is 0 Å². The first kappa shape index (κ1) is 9.85. The van der Waals surface area contributed by atoms with Crippen molar-refractivity contribution in [3.63, 3.8) is 0 Å². The molecule has 0 bridgehead atoms. The lowest BCUT2D eigenvalue weighted by Gasteiger charge is -2.20. The summed E-state index contributed by atoms with van der Waals surface area (Å²) in [5.74, 6) is 1.12. The number of hydrogen-bond acceptors (Lipinski definition) is 2. The van der Waals surface area contributed by atoms with Gasteiger partial charge < -0.3 is 9.67 Å². The quantitative estimate of drug-likeness (QED) is 0.893. The van der Waals surface area contributed by atoms with Crippen LogP contribution >= 0.6 is 15.9 Å². The Morgan fingerprint density at radius 3 is 2.87 bits per heavy atom. The van der Waals surface area contributed by atoms with Gasteiger partial charge in [0.15, 0.2) is 0 Å². The summed E-state index contributed by atoms with van der Waals surface area (Å²) in [5.41, 5.74) is 1.33. The van der Waals surface area contributed by atoms with Crippen molar-refractivity contribution in [1.82, 2.24) is 9.55 Å². The molecule has 1 aliphatic heterocycles. The third-order valence-electron chi connectivity index (χ3n) is 3.70. The first-order valence-corrected chi connectivity index (χ1v) is 6.42. The van der Waals surface area contributed by atoms with Gasteiger partial charge >= 0.3 is 0 Å². The second-order valence-corrected chi connectivity index (χ2v) is 5.47. The Balaban J connectivity index is 2.08. The molecule has 1 saturated carbocycles. The van der Waals surface area contributed by atoms with Gasteiger partial charge in [0, 0.05) is 6.54 Å². The third-order valence-corrected chi connectivity index (χ3v) is 4.33. The summed E-state index contributed by atoms with van der Waals surface area (Å²) in [6.45, 7) is 1.32. The van der Waals surface area contributed by atoms with E-state index in [0.717, 1.165) is 36.2 Å². The zero-order chi connectivity index (χ0) is 10.5. The second-order valence-electron chi connectivity index (χ2n) is 4.72. The number of fused-ring (bicyclic) bond motifs is 1. The van der Waals surface area contributed by atoms with E-state index in [-0.39, 0.29) is 12.0 Å². The zero-order valence-electron chi connectivity index (χ0n) is 8.67. The maximum atomic E-state index is 9.45. The van der Waals surface area contributed by atoms with Crippen LogP contribution < -0.4 is 0 Å². The number of rotatable bonds is 2. The molecular formula is C11H15BrN2O. The predicted molar refractivity (Wildman–Crippen MR) is 60.9 cm³/mol. The number of aliphatic hydroxyl groups is 1. The van der Waals surface area contributed by atoms with Crippen LogP contribution in [0.4, 0.5) is 0 Å². The number of aliphatic hydroxyl groups excluding tert-OH is 1. The minimum atomic E-state index is -0.00187. The monoisotopic (exact) mass is 270 g/mol. The highest BCUT2D eigenvalue weighted by atomic mass is 79.9. The van der Waals surface area contributed by atoms with Crippen molar-refractivity contribution in [2.24, 2.45) is 0 Å². The van der Waals surface area contributed by atoms with Crippen LogP contribution in [0, 0.1) is 0 Å². The highest BCUT2D eigenvalue weighted by Crippen LogP contribution is 2.48. The van der Waals surface area contributed by atoms with Crippen LogP contribution in [0.3, 0.4) is 0 Å². The van der Waals surface area contributed by atoms with Crippen molar-refractivity contribution >= 4 is 15.9 Å². The van der Waals surface area contributed by atoms with E-state index in [2.05, 4.69) is 25.5 Å². The van der Waals surface area contributed by atoms with Gasteiger partial charge in [-0.3, -0.25) is 0 Å². The summed E-state index contributed by atoms with van der Waals surface area (Å²) in [4.78, 5) is 4.62. The van der Waals surface area contributed by atoms with Gasteiger partial charge in [0.1, 0.15) is 10.4 Å².